The molecule has 2 bridgehead atoms. The van der Waals surface area contributed by atoms with Gasteiger partial charge in [0.25, 0.3) is 0 Å². The Morgan fingerprint density at radius 2 is 1.79 bits per heavy atom. The van der Waals surface area contributed by atoms with Crippen LogP contribution in [-0.4, -0.2) is 28.7 Å². The third-order valence-corrected chi connectivity index (χ3v) is 4.36. The summed E-state index contributed by atoms with van der Waals surface area (Å²) in [5, 5.41) is 0. The van der Waals surface area contributed by atoms with Crippen molar-refractivity contribution in [2.45, 2.75) is 57.7 Å². The highest BCUT2D eigenvalue weighted by Gasteiger charge is 2.42. The maximum absolute atomic E-state index is 14.0. The summed E-state index contributed by atoms with van der Waals surface area (Å²) in [5.41, 5.74) is 0.0838. The van der Waals surface area contributed by atoms with Crippen molar-refractivity contribution in [1.82, 2.24) is 4.90 Å². The van der Waals surface area contributed by atoms with Crippen molar-refractivity contribution in [3.8, 4) is 0 Å². The second-order valence-corrected chi connectivity index (χ2v) is 7.33. The van der Waals surface area contributed by atoms with Crippen LogP contribution in [0.3, 0.4) is 0 Å². The zero-order chi connectivity index (χ0) is 17.6. The van der Waals surface area contributed by atoms with Crippen LogP contribution in [-0.2, 0) is 4.74 Å². The van der Waals surface area contributed by atoms with E-state index < -0.39 is 29.1 Å². The number of rotatable bonds is 1. The van der Waals surface area contributed by atoms with Crippen molar-refractivity contribution >= 4 is 11.7 Å². The number of nitrogens with zero attached hydrogens (tertiary/aromatic N) is 1. The first-order chi connectivity index (χ1) is 11.2. The van der Waals surface area contributed by atoms with Gasteiger partial charge in [-0.05, 0) is 51.7 Å². The molecule has 0 radical (unpaired) electrons. The van der Waals surface area contributed by atoms with Crippen molar-refractivity contribution < 1.29 is 22.7 Å². The average Bonchev–Trinajstić information content (AvgIpc) is 2.72. The minimum absolute atomic E-state index is 0.0645. The Balaban J connectivity index is 1.88. The molecule has 2 unspecified atom stereocenters. The molecule has 3 nitrogen and oxygen atoms in total. The van der Waals surface area contributed by atoms with Crippen LogP contribution in [0.15, 0.2) is 18.2 Å². The lowest BCUT2D eigenvalue weighted by Crippen LogP contribution is -2.45. The number of carbonyl (C=O) groups excluding carboxylic acids is 1. The lowest BCUT2D eigenvalue weighted by molar-refractivity contribution is 0.0175. The Bertz CT molecular complexity index is 709. The molecule has 1 saturated heterocycles. The second-order valence-electron chi connectivity index (χ2n) is 7.33. The first-order valence-corrected chi connectivity index (χ1v) is 8.02. The molecule has 0 aromatic heterocycles. The Morgan fingerprint density at radius 1 is 1.12 bits per heavy atom. The summed E-state index contributed by atoms with van der Waals surface area (Å²) in [6.45, 7) is 5.40. The van der Waals surface area contributed by atoms with Crippen molar-refractivity contribution in [3.63, 3.8) is 0 Å². The molecule has 2 aliphatic heterocycles. The van der Waals surface area contributed by atoms with Gasteiger partial charge in [-0.2, -0.15) is 0 Å². The molecule has 2 atom stereocenters. The maximum Gasteiger partial charge on any atom is 0.411 e. The first kappa shape index (κ1) is 16.9. The molecule has 1 amide bonds. The summed E-state index contributed by atoms with van der Waals surface area (Å²) < 4.78 is 46.0. The Labute approximate surface area is 139 Å². The summed E-state index contributed by atoms with van der Waals surface area (Å²) in [5.74, 6) is -3.06. The lowest BCUT2D eigenvalue weighted by atomic mass is 9.94. The normalized spacial score (nSPS) is 23.2. The smallest absolute Gasteiger partial charge is 0.411 e. The van der Waals surface area contributed by atoms with Gasteiger partial charge < -0.3 is 4.74 Å². The molecular formula is C18H20F3NO2. The molecule has 2 aliphatic rings. The van der Waals surface area contributed by atoms with Crippen LogP contribution in [0, 0.1) is 17.5 Å². The van der Waals surface area contributed by atoms with Gasteiger partial charge in [0.05, 0.1) is 6.04 Å². The van der Waals surface area contributed by atoms with E-state index in [-0.39, 0.29) is 17.6 Å². The van der Waals surface area contributed by atoms with Crippen LogP contribution in [0.4, 0.5) is 18.0 Å². The number of amides is 1. The van der Waals surface area contributed by atoms with Crippen LogP contribution in [0.1, 0.15) is 45.6 Å². The van der Waals surface area contributed by atoms with Gasteiger partial charge in [-0.1, -0.05) is 6.08 Å². The van der Waals surface area contributed by atoms with E-state index in [2.05, 4.69) is 0 Å². The summed E-state index contributed by atoms with van der Waals surface area (Å²) in [6.07, 6.45) is 3.30. The van der Waals surface area contributed by atoms with E-state index in [9.17, 15) is 18.0 Å². The molecule has 130 valence electrons. The largest absolute Gasteiger partial charge is 0.444 e. The summed E-state index contributed by atoms with van der Waals surface area (Å²) in [6, 6.07) is 1.13. The topological polar surface area (TPSA) is 29.5 Å². The highest BCUT2D eigenvalue weighted by atomic mass is 19.2. The predicted octanol–water partition coefficient (Wildman–Crippen LogP) is 4.66. The van der Waals surface area contributed by atoms with E-state index in [1.54, 1.807) is 31.7 Å². The lowest BCUT2D eigenvalue weighted by Gasteiger charge is -2.35. The molecule has 24 heavy (non-hydrogen) atoms. The fourth-order valence-corrected chi connectivity index (χ4v) is 3.40. The van der Waals surface area contributed by atoms with Gasteiger partial charge >= 0.3 is 6.09 Å². The van der Waals surface area contributed by atoms with E-state index in [0.29, 0.717) is 18.1 Å². The molecule has 0 aliphatic carbocycles. The molecule has 0 N–H and O–H groups in total. The minimum atomic E-state index is -1.20. The number of hydrogen-bond acceptors (Lipinski definition) is 2. The molecule has 1 aromatic rings. The summed E-state index contributed by atoms with van der Waals surface area (Å²) in [4.78, 5) is 14.0. The van der Waals surface area contributed by atoms with Gasteiger partial charge in [0, 0.05) is 17.7 Å². The van der Waals surface area contributed by atoms with Crippen LogP contribution >= 0.6 is 0 Å². The second kappa shape index (κ2) is 5.83. The van der Waals surface area contributed by atoms with Crippen LogP contribution in [0.2, 0.25) is 0 Å². The monoisotopic (exact) mass is 339 g/mol. The zero-order valence-corrected chi connectivity index (χ0v) is 13.9. The van der Waals surface area contributed by atoms with E-state index in [1.165, 1.54) is 0 Å². The summed E-state index contributed by atoms with van der Waals surface area (Å²) >= 11 is 0. The highest BCUT2D eigenvalue weighted by Crippen LogP contribution is 2.40. The van der Waals surface area contributed by atoms with Crippen molar-refractivity contribution in [2.24, 2.45) is 0 Å². The van der Waals surface area contributed by atoms with Crippen molar-refractivity contribution in [2.75, 3.05) is 0 Å². The average molecular weight is 339 g/mol. The maximum atomic E-state index is 14.0. The molecule has 1 aromatic carbocycles. The third-order valence-electron chi connectivity index (χ3n) is 4.36. The van der Waals surface area contributed by atoms with Crippen LogP contribution in [0.5, 0.6) is 0 Å². The molecule has 1 fully saturated rings. The number of ether oxygens (including phenoxy) is 1. The van der Waals surface area contributed by atoms with Gasteiger partial charge in [-0.3, -0.25) is 4.90 Å². The Morgan fingerprint density at radius 3 is 2.42 bits per heavy atom. The number of benzene rings is 1. The van der Waals surface area contributed by atoms with Gasteiger partial charge in [0.1, 0.15) is 11.4 Å². The summed E-state index contributed by atoms with van der Waals surface area (Å²) in [7, 11) is 0. The SMILES string of the molecule is CC(C)(C)OC(=O)N1C2C=C(c3cc(F)c(F)cc3F)CC1CC2. The van der Waals surface area contributed by atoms with Gasteiger partial charge in [0.15, 0.2) is 11.6 Å². The highest BCUT2D eigenvalue weighted by molar-refractivity contribution is 5.75. The first-order valence-electron chi connectivity index (χ1n) is 8.02. The van der Waals surface area contributed by atoms with Gasteiger partial charge in [-0.25, -0.2) is 18.0 Å². The van der Waals surface area contributed by atoms with Gasteiger partial charge in [0.2, 0.25) is 0 Å². The standard InChI is InChI=1S/C18H20F3NO2/c1-18(2,3)24-17(23)22-11-4-5-12(22)7-10(6-11)13-8-15(20)16(21)9-14(13)19/h6,8-9,11-12H,4-5,7H2,1-3H3. The fraction of sp³-hybridized carbons (Fsp3) is 0.500. The Kier molecular flexibility index (Phi) is 4.10. The molecule has 2 heterocycles. The predicted molar refractivity (Wildman–Crippen MR) is 83.8 cm³/mol. The van der Waals surface area contributed by atoms with Crippen LogP contribution < -0.4 is 0 Å². The quantitative estimate of drug-likeness (QED) is 0.697. The molecule has 3 rings (SSSR count). The molecule has 0 spiro atoms. The number of fused-ring (bicyclic) bond motifs is 2. The number of hydrogen-bond donors (Lipinski definition) is 0. The fourth-order valence-electron chi connectivity index (χ4n) is 3.40. The molecule has 6 heteroatoms. The number of carbonyl (C=O) groups is 1. The number of halogens is 3. The van der Waals surface area contributed by atoms with Crippen molar-refractivity contribution in [3.05, 3.63) is 41.2 Å². The molecular weight excluding hydrogens is 319 g/mol. The van der Waals surface area contributed by atoms with E-state index in [0.717, 1.165) is 18.9 Å². The third kappa shape index (κ3) is 3.14. The van der Waals surface area contributed by atoms with Crippen LogP contribution in [0.25, 0.3) is 5.57 Å². The molecule has 0 saturated carbocycles. The van der Waals surface area contributed by atoms with Crippen molar-refractivity contribution in [1.29, 1.82) is 0 Å². The van der Waals surface area contributed by atoms with E-state index in [1.807, 2.05) is 0 Å². The van der Waals surface area contributed by atoms with E-state index in [4.69, 9.17) is 4.74 Å². The van der Waals surface area contributed by atoms with Gasteiger partial charge in [-0.15, -0.1) is 0 Å². The zero-order valence-electron chi connectivity index (χ0n) is 13.9. The Hall–Kier alpha value is -1.98. The minimum Gasteiger partial charge on any atom is -0.444 e. The van der Waals surface area contributed by atoms with E-state index >= 15 is 0 Å².